The molecule has 1 heterocycles. The summed E-state index contributed by atoms with van der Waals surface area (Å²) in [4.78, 5) is 3.94. The van der Waals surface area contributed by atoms with Crippen LogP contribution >= 0.6 is 11.6 Å². The van der Waals surface area contributed by atoms with Gasteiger partial charge in [0, 0.05) is 12.1 Å². The molecular formula is C9H9ClFN. The lowest BCUT2D eigenvalue weighted by atomic mass is 10.3. The maximum absolute atomic E-state index is 12.6. The monoisotopic (exact) mass is 185 g/mol. The zero-order chi connectivity index (χ0) is 8.81. The summed E-state index contributed by atoms with van der Waals surface area (Å²) in [6, 6.07) is 2.70. The maximum atomic E-state index is 12.6. The van der Waals surface area contributed by atoms with Gasteiger partial charge in [-0.05, 0) is 24.6 Å². The van der Waals surface area contributed by atoms with Crippen molar-refractivity contribution in [2.75, 3.05) is 5.88 Å². The molecule has 0 spiro atoms. The third-order valence-electron chi connectivity index (χ3n) is 1.31. The van der Waals surface area contributed by atoms with Crippen molar-refractivity contribution >= 4 is 17.7 Å². The van der Waals surface area contributed by atoms with Crippen LogP contribution < -0.4 is 0 Å². The maximum Gasteiger partial charge on any atom is 0.126 e. The van der Waals surface area contributed by atoms with Crippen molar-refractivity contribution in [1.82, 2.24) is 4.98 Å². The Hall–Kier alpha value is -0.890. The van der Waals surface area contributed by atoms with Crippen molar-refractivity contribution in [3.63, 3.8) is 0 Å². The van der Waals surface area contributed by atoms with Gasteiger partial charge in [0.2, 0.25) is 0 Å². The van der Waals surface area contributed by atoms with Gasteiger partial charge in [-0.25, -0.2) is 4.39 Å². The standard InChI is InChI=1S/C9H9ClFN/c10-5-2-1-3-9-7-8(11)4-6-12-9/h1,3-4,6-7H,2,5H2. The number of hydrogen-bond acceptors (Lipinski definition) is 1. The van der Waals surface area contributed by atoms with Crippen molar-refractivity contribution in [2.24, 2.45) is 0 Å². The first-order chi connectivity index (χ1) is 5.83. The molecule has 0 unspecified atom stereocenters. The van der Waals surface area contributed by atoms with Gasteiger partial charge in [-0.1, -0.05) is 6.08 Å². The second kappa shape index (κ2) is 4.88. The fourth-order valence-corrected chi connectivity index (χ4v) is 0.905. The highest BCUT2D eigenvalue weighted by molar-refractivity contribution is 6.17. The predicted molar refractivity (Wildman–Crippen MR) is 48.6 cm³/mol. The minimum absolute atomic E-state index is 0.268. The third-order valence-corrected chi connectivity index (χ3v) is 1.53. The molecule has 64 valence electrons. The summed E-state index contributed by atoms with van der Waals surface area (Å²) in [7, 11) is 0. The Morgan fingerprint density at radius 1 is 1.58 bits per heavy atom. The fraction of sp³-hybridized carbons (Fsp3) is 0.222. The Morgan fingerprint density at radius 2 is 2.42 bits per heavy atom. The van der Waals surface area contributed by atoms with Gasteiger partial charge in [0.1, 0.15) is 5.82 Å². The molecule has 1 aromatic heterocycles. The van der Waals surface area contributed by atoms with E-state index >= 15 is 0 Å². The zero-order valence-corrected chi connectivity index (χ0v) is 7.26. The molecular weight excluding hydrogens is 177 g/mol. The molecule has 1 rings (SSSR count). The molecule has 0 aromatic carbocycles. The molecule has 3 heteroatoms. The van der Waals surface area contributed by atoms with Crippen LogP contribution in [-0.2, 0) is 0 Å². The van der Waals surface area contributed by atoms with Crippen LogP contribution in [0.15, 0.2) is 24.4 Å². The molecule has 0 N–H and O–H groups in total. The van der Waals surface area contributed by atoms with Gasteiger partial charge < -0.3 is 0 Å². The van der Waals surface area contributed by atoms with E-state index in [0.717, 1.165) is 6.42 Å². The van der Waals surface area contributed by atoms with Gasteiger partial charge in [-0.2, -0.15) is 0 Å². The smallest absolute Gasteiger partial charge is 0.126 e. The summed E-state index contributed by atoms with van der Waals surface area (Å²) in [6.45, 7) is 0. The summed E-state index contributed by atoms with van der Waals surface area (Å²) in [5, 5.41) is 0. The summed E-state index contributed by atoms with van der Waals surface area (Å²) in [5.41, 5.74) is 0.625. The number of aromatic nitrogens is 1. The topological polar surface area (TPSA) is 12.9 Å². The first-order valence-electron chi connectivity index (χ1n) is 3.67. The summed E-state index contributed by atoms with van der Waals surface area (Å²) < 4.78 is 12.6. The van der Waals surface area contributed by atoms with Crippen molar-refractivity contribution in [1.29, 1.82) is 0 Å². The Kier molecular flexibility index (Phi) is 3.74. The zero-order valence-electron chi connectivity index (χ0n) is 6.50. The minimum atomic E-state index is -0.268. The Morgan fingerprint density at radius 3 is 3.08 bits per heavy atom. The molecule has 12 heavy (non-hydrogen) atoms. The summed E-state index contributed by atoms with van der Waals surface area (Å²) in [6.07, 6.45) is 5.84. The Labute approximate surface area is 75.9 Å². The molecule has 0 amide bonds. The fourth-order valence-electron chi connectivity index (χ4n) is 0.779. The lowest BCUT2D eigenvalue weighted by molar-refractivity contribution is 0.625. The average molecular weight is 186 g/mol. The van der Waals surface area contributed by atoms with E-state index in [1.807, 2.05) is 6.08 Å². The van der Waals surface area contributed by atoms with Crippen molar-refractivity contribution in [3.05, 3.63) is 35.9 Å². The summed E-state index contributed by atoms with van der Waals surface area (Å²) in [5.74, 6) is 0.307. The second-order valence-electron chi connectivity index (χ2n) is 2.28. The SMILES string of the molecule is Fc1ccnc(C=CCCCl)c1. The lowest BCUT2D eigenvalue weighted by Gasteiger charge is -1.91. The quantitative estimate of drug-likeness (QED) is 0.660. The van der Waals surface area contributed by atoms with Crippen LogP contribution in [-0.4, -0.2) is 10.9 Å². The highest BCUT2D eigenvalue weighted by atomic mass is 35.5. The van der Waals surface area contributed by atoms with E-state index in [4.69, 9.17) is 11.6 Å². The van der Waals surface area contributed by atoms with E-state index in [1.165, 1.54) is 18.3 Å². The van der Waals surface area contributed by atoms with Crippen LogP contribution in [0.3, 0.4) is 0 Å². The average Bonchev–Trinajstić information content (AvgIpc) is 2.05. The molecule has 0 radical (unpaired) electrons. The number of hydrogen-bond donors (Lipinski definition) is 0. The van der Waals surface area contributed by atoms with Crippen LogP contribution in [0.25, 0.3) is 6.08 Å². The van der Waals surface area contributed by atoms with Crippen molar-refractivity contribution in [3.8, 4) is 0 Å². The molecule has 0 bridgehead atoms. The normalized spacial score (nSPS) is 10.8. The van der Waals surface area contributed by atoms with Crippen molar-refractivity contribution in [2.45, 2.75) is 6.42 Å². The number of pyridine rings is 1. The molecule has 1 aromatic rings. The van der Waals surface area contributed by atoms with E-state index in [2.05, 4.69) is 4.98 Å². The van der Waals surface area contributed by atoms with Gasteiger partial charge in [0.05, 0.1) is 5.69 Å². The number of nitrogens with zero attached hydrogens (tertiary/aromatic N) is 1. The first-order valence-corrected chi connectivity index (χ1v) is 4.20. The number of rotatable bonds is 3. The van der Waals surface area contributed by atoms with Gasteiger partial charge in [0.25, 0.3) is 0 Å². The van der Waals surface area contributed by atoms with Crippen LogP contribution in [0.1, 0.15) is 12.1 Å². The van der Waals surface area contributed by atoms with E-state index < -0.39 is 0 Å². The minimum Gasteiger partial charge on any atom is -0.257 e. The van der Waals surface area contributed by atoms with Gasteiger partial charge in [0.15, 0.2) is 0 Å². The molecule has 0 aliphatic heterocycles. The molecule has 0 saturated carbocycles. The highest BCUT2D eigenvalue weighted by Crippen LogP contribution is 2.02. The molecule has 0 aliphatic carbocycles. The number of halogens is 2. The van der Waals surface area contributed by atoms with E-state index in [9.17, 15) is 4.39 Å². The van der Waals surface area contributed by atoms with E-state index in [0.29, 0.717) is 11.6 Å². The van der Waals surface area contributed by atoms with E-state index in [-0.39, 0.29) is 5.82 Å². The van der Waals surface area contributed by atoms with Crippen LogP contribution in [0, 0.1) is 5.82 Å². The third kappa shape index (κ3) is 3.01. The first kappa shape index (κ1) is 9.20. The van der Waals surface area contributed by atoms with Gasteiger partial charge in [-0.15, -0.1) is 11.6 Å². The Balaban J connectivity index is 2.63. The lowest BCUT2D eigenvalue weighted by Crippen LogP contribution is -1.81. The summed E-state index contributed by atoms with van der Waals surface area (Å²) >= 11 is 5.45. The molecule has 0 fully saturated rings. The molecule has 0 saturated heterocycles. The molecule has 1 nitrogen and oxygen atoms in total. The largest absolute Gasteiger partial charge is 0.257 e. The number of alkyl halides is 1. The highest BCUT2D eigenvalue weighted by Gasteiger charge is 1.90. The van der Waals surface area contributed by atoms with Crippen LogP contribution in [0.4, 0.5) is 4.39 Å². The van der Waals surface area contributed by atoms with Gasteiger partial charge in [-0.3, -0.25) is 4.98 Å². The van der Waals surface area contributed by atoms with E-state index in [1.54, 1.807) is 6.08 Å². The molecule has 0 aliphatic rings. The predicted octanol–water partition coefficient (Wildman–Crippen LogP) is 2.86. The van der Waals surface area contributed by atoms with Crippen molar-refractivity contribution < 1.29 is 4.39 Å². The van der Waals surface area contributed by atoms with Gasteiger partial charge >= 0.3 is 0 Å². The molecule has 0 atom stereocenters. The van der Waals surface area contributed by atoms with Crippen LogP contribution in [0.5, 0.6) is 0 Å². The number of allylic oxidation sites excluding steroid dienone is 1. The Bertz CT molecular complexity index is 273. The second-order valence-corrected chi connectivity index (χ2v) is 2.66. The van der Waals surface area contributed by atoms with Crippen LogP contribution in [0.2, 0.25) is 0 Å².